The Morgan fingerprint density at radius 1 is 1.26 bits per heavy atom. The Morgan fingerprint density at radius 3 is 2.16 bits per heavy atom. The summed E-state index contributed by atoms with van der Waals surface area (Å²) in [7, 11) is 0. The van der Waals surface area contributed by atoms with Gasteiger partial charge in [0.25, 0.3) is 0 Å². The molecule has 19 heavy (non-hydrogen) atoms. The fourth-order valence-electron chi connectivity index (χ4n) is 1.04. The molecule has 1 heterocycles. The van der Waals surface area contributed by atoms with E-state index >= 15 is 0 Å². The molecule has 0 spiro atoms. The molecule has 0 unspecified atom stereocenters. The van der Waals surface area contributed by atoms with Gasteiger partial charge in [-0.2, -0.15) is 13.2 Å². The van der Waals surface area contributed by atoms with Gasteiger partial charge in [-0.05, 0) is 0 Å². The molecule has 0 aromatic carbocycles. The Labute approximate surface area is 105 Å². The number of ether oxygens (including phenoxy) is 1. The predicted octanol–water partition coefficient (Wildman–Crippen LogP) is 3.35. The van der Waals surface area contributed by atoms with Crippen LogP contribution in [0.15, 0.2) is 6.07 Å². The van der Waals surface area contributed by atoms with E-state index in [4.69, 9.17) is 16.7 Å². The molecule has 0 saturated carbocycles. The van der Waals surface area contributed by atoms with Crippen molar-refractivity contribution in [2.24, 2.45) is 0 Å². The number of nitrogens with zero attached hydrogens (tertiary/aromatic N) is 1. The molecule has 0 radical (unpaired) electrons. The van der Waals surface area contributed by atoms with E-state index in [1.807, 2.05) is 0 Å². The number of aromatic nitrogens is 1. The highest BCUT2D eigenvalue weighted by Crippen LogP contribution is 2.36. The molecule has 0 saturated heterocycles. The number of halogens is 7. The summed E-state index contributed by atoms with van der Waals surface area (Å²) in [5.74, 6) is -3.60. The quantitative estimate of drug-likeness (QED) is 0.672. The van der Waals surface area contributed by atoms with Crippen LogP contribution >= 0.6 is 11.6 Å². The molecule has 0 aliphatic heterocycles. The minimum Gasteiger partial charge on any atom is -0.477 e. The maximum Gasteiger partial charge on any atom is 0.573 e. The zero-order chi connectivity index (χ0) is 15.0. The number of hydrogen-bond acceptors (Lipinski definition) is 3. The molecule has 0 fully saturated rings. The summed E-state index contributed by atoms with van der Waals surface area (Å²) in [5, 5.41) is 7.32. The molecule has 106 valence electrons. The molecule has 4 nitrogen and oxygen atoms in total. The Balaban J connectivity index is 3.46. The second-order valence-electron chi connectivity index (χ2n) is 3.02. The zero-order valence-electron chi connectivity index (χ0n) is 8.43. The fraction of sp³-hybridized carbons (Fsp3) is 0.250. The first-order valence-corrected chi connectivity index (χ1v) is 4.56. The van der Waals surface area contributed by atoms with E-state index in [0.717, 1.165) is 0 Å². The van der Waals surface area contributed by atoms with E-state index in [-0.39, 0.29) is 6.07 Å². The topological polar surface area (TPSA) is 59.4 Å². The third-order valence-corrected chi connectivity index (χ3v) is 1.94. The molecule has 0 atom stereocenters. The summed E-state index contributed by atoms with van der Waals surface area (Å²) < 4.78 is 76.1. The number of aromatic carboxylic acids is 1. The Hall–Kier alpha value is -1.71. The normalized spacial score (nSPS) is 12.4. The van der Waals surface area contributed by atoms with E-state index in [1.165, 1.54) is 0 Å². The molecular weight excluding hydrogens is 308 g/mol. The van der Waals surface area contributed by atoms with E-state index < -0.39 is 40.7 Å². The summed E-state index contributed by atoms with van der Waals surface area (Å²) in [6, 6.07) is -0.192. The van der Waals surface area contributed by atoms with Crippen molar-refractivity contribution in [1.82, 2.24) is 4.98 Å². The standard InChI is InChI=1S/C8H2ClF6NO3/c9-5-4(6(17)18)2(19-8(13,14)15)1-3(16-5)7(10,11)12/h1H,(H,17,18). The fourth-order valence-corrected chi connectivity index (χ4v) is 1.30. The van der Waals surface area contributed by atoms with Gasteiger partial charge in [-0.15, -0.1) is 13.2 Å². The third kappa shape index (κ3) is 3.88. The molecule has 1 N–H and O–H groups in total. The maximum absolute atomic E-state index is 12.3. The average Bonchev–Trinajstić information content (AvgIpc) is 2.11. The van der Waals surface area contributed by atoms with Gasteiger partial charge in [-0.25, -0.2) is 9.78 Å². The van der Waals surface area contributed by atoms with Crippen molar-refractivity contribution in [2.75, 3.05) is 0 Å². The minimum absolute atomic E-state index is 0.192. The number of carboxylic acid groups (broad SMARTS) is 1. The van der Waals surface area contributed by atoms with Crippen LogP contribution in [0.25, 0.3) is 0 Å². The van der Waals surface area contributed by atoms with Gasteiger partial charge in [0.15, 0.2) is 0 Å². The summed E-state index contributed by atoms with van der Waals surface area (Å²) in [4.78, 5) is 13.3. The molecule has 0 amide bonds. The molecule has 0 aliphatic carbocycles. The number of carboxylic acids is 1. The van der Waals surface area contributed by atoms with Crippen LogP contribution in [-0.4, -0.2) is 22.4 Å². The minimum atomic E-state index is -5.38. The van der Waals surface area contributed by atoms with Gasteiger partial charge in [0.1, 0.15) is 22.2 Å². The molecule has 1 aromatic rings. The molecule has 1 rings (SSSR count). The zero-order valence-corrected chi connectivity index (χ0v) is 9.19. The lowest BCUT2D eigenvalue weighted by Gasteiger charge is -2.14. The first kappa shape index (κ1) is 15.3. The molecule has 0 aliphatic rings. The van der Waals surface area contributed by atoms with Crippen molar-refractivity contribution in [2.45, 2.75) is 12.5 Å². The largest absolute Gasteiger partial charge is 0.573 e. The molecule has 0 bridgehead atoms. The monoisotopic (exact) mass is 309 g/mol. The van der Waals surface area contributed by atoms with Crippen molar-refractivity contribution in [3.05, 3.63) is 22.5 Å². The number of hydrogen-bond donors (Lipinski definition) is 1. The van der Waals surface area contributed by atoms with Gasteiger partial charge in [0.2, 0.25) is 0 Å². The summed E-state index contributed by atoms with van der Waals surface area (Å²) in [6.07, 6.45) is -10.5. The molecule has 1 aromatic heterocycles. The summed E-state index contributed by atoms with van der Waals surface area (Å²) in [5.41, 5.74) is -3.12. The Morgan fingerprint density at radius 2 is 1.79 bits per heavy atom. The van der Waals surface area contributed by atoms with Crippen molar-refractivity contribution in [3.8, 4) is 5.75 Å². The highest BCUT2D eigenvalue weighted by atomic mass is 35.5. The van der Waals surface area contributed by atoms with Crippen molar-refractivity contribution in [1.29, 1.82) is 0 Å². The SMILES string of the molecule is O=C(O)c1c(OC(F)(F)F)cc(C(F)(F)F)nc1Cl. The lowest BCUT2D eigenvalue weighted by atomic mass is 10.2. The van der Waals surface area contributed by atoms with Gasteiger partial charge in [-0.1, -0.05) is 11.6 Å². The average molecular weight is 310 g/mol. The van der Waals surface area contributed by atoms with Gasteiger partial charge >= 0.3 is 18.5 Å². The highest BCUT2D eigenvalue weighted by molar-refractivity contribution is 6.32. The van der Waals surface area contributed by atoms with Crippen LogP contribution in [0.2, 0.25) is 5.15 Å². The van der Waals surface area contributed by atoms with E-state index in [2.05, 4.69) is 9.72 Å². The van der Waals surface area contributed by atoms with Gasteiger partial charge in [0, 0.05) is 6.07 Å². The smallest absolute Gasteiger partial charge is 0.477 e. The number of rotatable bonds is 2. The van der Waals surface area contributed by atoms with E-state index in [9.17, 15) is 31.1 Å². The summed E-state index contributed by atoms with van der Waals surface area (Å²) >= 11 is 5.13. The highest BCUT2D eigenvalue weighted by Gasteiger charge is 2.39. The van der Waals surface area contributed by atoms with Crippen molar-refractivity contribution in [3.63, 3.8) is 0 Å². The predicted molar refractivity (Wildman–Crippen MR) is 47.9 cm³/mol. The maximum atomic E-state index is 12.3. The lowest BCUT2D eigenvalue weighted by Crippen LogP contribution is -2.21. The third-order valence-electron chi connectivity index (χ3n) is 1.67. The van der Waals surface area contributed by atoms with Gasteiger partial charge < -0.3 is 9.84 Å². The van der Waals surface area contributed by atoms with E-state index in [0.29, 0.717) is 0 Å². The second-order valence-corrected chi connectivity index (χ2v) is 3.38. The van der Waals surface area contributed by atoms with Crippen LogP contribution in [0.1, 0.15) is 16.1 Å². The lowest BCUT2D eigenvalue weighted by molar-refractivity contribution is -0.274. The first-order chi connectivity index (χ1) is 8.42. The van der Waals surface area contributed by atoms with Gasteiger partial charge in [-0.3, -0.25) is 0 Å². The molecular formula is C8H2ClF6NO3. The van der Waals surface area contributed by atoms with Crippen LogP contribution in [0, 0.1) is 0 Å². The Bertz CT molecular complexity index is 512. The number of alkyl halides is 6. The number of pyridine rings is 1. The first-order valence-electron chi connectivity index (χ1n) is 4.18. The van der Waals surface area contributed by atoms with Crippen LogP contribution < -0.4 is 4.74 Å². The van der Waals surface area contributed by atoms with Crippen LogP contribution in [0.4, 0.5) is 26.3 Å². The van der Waals surface area contributed by atoms with Crippen molar-refractivity contribution < 1.29 is 41.0 Å². The van der Waals surface area contributed by atoms with Crippen molar-refractivity contribution >= 4 is 17.6 Å². The second kappa shape index (κ2) is 4.76. The van der Waals surface area contributed by atoms with Crippen LogP contribution in [0.5, 0.6) is 5.75 Å². The Kier molecular flexibility index (Phi) is 3.84. The van der Waals surface area contributed by atoms with E-state index in [1.54, 1.807) is 0 Å². The summed E-state index contributed by atoms with van der Waals surface area (Å²) in [6.45, 7) is 0. The van der Waals surface area contributed by atoms with Gasteiger partial charge in [0.05, 0.1) is 0 Å². The van der Waals surface area contributed by atoms with Crippen LogP contribution in [-0.2, 0) is 6.18 Å². The van der Waals surface area contributed by atoms with Crippen LogP contribution in [0.3, 0.4) is 0 Å². The molecule has 11 heteroatoms. The number of carbonyl (C=O) groups is 1.